The molecule has 0 aliphatic carbocycles. The van der Waals surface area contributed by atoms with E-state index in [1.807, 2.05) is 36.2 Å². The van der Waals surface area contributed by atoms with Crippen LogP contribution in [0.3, 0.4) is 0 Å². The molecule has 0 spiro atoms. The second kappa shape index (κ2) is 6.81. The Kier molecular flexibility index (Phi) is 5.06. The normalized spacial score (nSPS) is 19.2. The van der Waals surface area contributed by atoms with Crippen LogP contribution in [0.15, 0.2) is 24.3 Å². The van der Waals surface area contributed by atoms with E-state index in [4.69, 9.17) is 0 Å². The molecule has 2 rings (SSSR count). The minimum atomic E-state index is -0.397. The van der Waals surface area contributed by atoms with Crippen molar-refractivity contribution in [2.45, 2.75) is 32.7 Å². The minimum absolute atomic E-state index is 0.0272. The molecular weight excluding hydrogens is 280 g/mol. The Bertz CT molecular complexity index is 559. The number of fused-ring (bicyclic) bond motifs is 1. The fourth-order valence-corrected chi connectivity index (χ4v) is 2.85. The molecule has 1 aromatic carbocycles. The molecule has 1 amide bonds. The van der Waals surface area contributed by atoms with Crippen LogP contribution in [0.1, 0.15) is 26.7 Å². The van der Waals surface area contributed by atoms with Gasteiger partial charge in [-0.2, -0.15) is 0 Å². The van der Waals surface area contributed by atoms with Gasteiger partial charge in [0.05, 0.1) is 24.9 Å². The monoisotopic (exact) mass is 304 g/mol. The minimum Gasteiger partial charge on any atom is -0.469 e. The van der Waals surface area contributed by atoms with Gasteiger partial charge in [0.15, 0.2) is 0 Å². The van der Waals surface area contributed by atoms with Crippen LogP contribution in [0.4, 0.5) is 11.4 Å². The van der Waals surface area contributed by atoms with Gasteiger partial charge in [0.1, 0.15) is 0 Å². The highest BCUT2D eigenvalue weighted by Gasteiger charge is 2.31. The first-order chi connectivity index (χ1) is 10.5. The molecule has 22 heavy (non-hydrogen) atoms. The first kappa shape index (κ1) is 16.3. The molecule has 1 aliphatic heterocycles. The van der Waals surface area contributed by atoms with E-state index < -0.39 is 5.92 Å². The summed E-state index contributed by atoms with van der Waals surface area (Å²) in [4.78, 5) is 28.3. The Morgan fingerprint density at radius 2 is 1.95 bits per heavy atom. The number of para-hydroxylation sites is 2. The smallest absolute Gasteiger partial charge is 0.306 e. The second-order valence-electron chi connectivity index (χ2n) is 5.94. The zero-order valence-corrected chi connectivity index (χ0v) is 13.7. The number of rotatable bonds is 3. The van der Waals surface area contributed by atoms with Crippen molar-refractivity contribution in [3.05, 3.63) is 24.3 Å². The lowest BCUT2D eigenvalue weighted by Crippen LogP contribution is -2.42. The van der Waals surface area contributed by atoms with Gasteiger partial charge in [-0.15, -0.1) is 0 Å². The topological polar surface area (TPSA) is 49.9 Å². The molecule has 0 saturated heterocycles. The summed E-state index contributed by atoms with van der Waals surface area (Å²) in [6.07, 6.45) is 0.998. The molecule has 0 radical (unpaired) electrons. The van der Waals surface area contributed by atoms with E-state index in [2.05, 4.69) is 16.6 Å². The van der Waals surface area contributed by atoms with Gasteiger partial charge in [0, 0.05) is 25.6 Å². The van der Waals surface area contributed by atoms with Crippen LogP contribution in [-0.4, -0.2) is 38.6 Å². The van der Waals surface area contributed by atoms with Crippen molar-refractivity contribution in [1.29, 1.82) is 0 Å². The van der Waals surface area contributed by atoms with Gasteiger partial charge in [-0.25, -0.2) is 0 Å². The van der Waals surface area contributed by atoms with Crippen LogP contribution in [0, 0.1) is 5.92 Å². The molecule has 1 heterocycles. The van der Waals surface area contributed by atoms with E-state index >= 15 is 0 Å². The summed E-state index contributed by atoms with van der Waals surface area (Å²) in [5.74, 6) is -0.777. The quantitative estimate of drug-likeness (QED) is 0.805. The van der Waals surface area contributed by atoms with Gasteiger partial charge in [0.2, 0.25) is 5.91 Å². The number of ether oxygens (including phenoxy) is 1. The summed E-state index contributed by atoms with van der Waals surface area (Å²) in [6.45, 7) is 4.73. The lowest BCUT2D eigenvalue weighted by molar-refractivity contribution is -0.143. The van der Waals surface area contributed by atoms with Crippen LogP contribution in [0.5, 0.6) is 0 Å². The average molecular weight is 304 g/mol. The Labute approximate surface area is 131 Å². The molecule has 0 aromatic heterocycles. The van der Waals surface area contributed by atoms with Crippen molar-refractivity contribution >= 4 is 23.3 Å². The highest BCUT2D eigenvalue weighted by Crippen LogP contribution is 2.34. The maximum atomic E-state index is 12.9. The number of anilines is 2. The van der Waals surface area contributed by atoms with Crippen molar-refractivity contribution in [2.24, 2.45) is 5.92 Å². The number of methoxy groups -OCH3 is 1. The van der Waals surface area contributed by atoms with E-state index in [1.54, 1.807) is 6.92 Å². The second-order valence-corrected chi connectivity index (χ2v) is 5.94. The molecule has 120 valence electrons. The lowest BCUT2D eigenvalue weighted by Gasteiger charge is -2.30. The molecule has 1 aromatic rings. The van der Waals surface area contributed by atoms with Crippen molar-refractivity contribution in [3.8, 4) is 0 Å². The third-order valence-corrected chi connectivity index (χ3v) is 4.24. The Hall–Kier alpha value is -2.04. The molecule has 0 fully saturated rings. The summed E-state index contributed by atoms with van der Waals surface area (Å²) in [7, 11) is 3.38. The zero-order chi connectivity index (χ0) is 16.3. The van der Waals surface area contributed by atoms with Gasteiger partial charge < -0.3 is 14.5 Å². The number of benzene rings is 1. The number of amides is 1. The summed E-state index contributed by atoms with van der Waals surface area (Å²) in [5.41, 5.74) is 1.96. The van der Waals surface area contributed by atoms with E-state index in [0.717, 1.165) is 24.3 Å². The molecule has 2 atom stereocenters. The number of hydrogen-bond donors (Lipinski definition) is 0. The molecule has 0 saturated carbocycles. The number of esters is 1. The SMILES string of the molecule is COC(=O)C[C@@H](C)C(=O)N1c2ccccc2N(C)CC[C@@H]1C. The predicted octanol–water partition coefficient (Wildman–Crippen LogP) is 2.45. The molecule has 5 nitrogen and oxygen atoms in total. The average Bonchev–Trinajstić information content (AvgIpc) is 2.64. The van der Waals surface area contributed by atoms with Crippen LogP contribution in [0.2, 0.25) is 0 Å². The van der Waals surface area contributed by atoms with Crippen molar-refractivity contribution in [3.63, 3.8) is 0 Å². The summed E-state index contributed by atoms with van der Waals surface area (Å²) >= 11 is 0. The third kappa shape index (κ3) is 3.24. The van der Waals surface area contributed by atoms with Gasteiger partial charge in [-0.1, -0.05) is 19.1 Å². The molecular formula is C17H24N2O3. The fraction of sp³-hybridized carbons (Fsp3) is 0.529. The van der Waals surface area contributed by atoms with Crippen LogP contribution in [-0.2, 0) is 14.3 Å². The summed E-state index contributed by atoms with van der Waals surface area (Å²) in [5, 5.41) is 0. The van der Waals surface area contributed by atoms with Crippen molar-refractivity contribution in [2.75, 3.05) is 30.5 Å². The van der Waals surface area contributed by atoms with Gasteiger partial charge in [-0.3, -0.25) is 9.59 Å². The first-order valence-corrected chi connectivity index (χ1v) is 7.65. The molecule has 1 aliphatic rings. The fourth-order valence-electron chi connectivity index (χ4n) is 2.85. The molecule has 0 unspecified atom stereocenters. The standard InChI is InChI=1S/C17H24N2O3/c1-12(11-16(20)22-4)17(21)19-13(2)9-10-18(3)14-7-5-6-8-15(14)19/h5-8,12-13H,9-11H2,1-4H3/t12-,13+/m1/s1. The zero-order valence-electron chi connectivity index (χ0n) is 13.7. The van der Waals surface area contributed by atoms with Crippen molar-refractivity contribution in [1.82, 2.24) is 0 Å². The number of hydrogen-bond acceptors (Lipinski definition) is 4. The Morgan fingerprint density at radius 3 is 2.59 bits per heavy atom. The van der Waals surface area contributed by atoms with Crippen molar-refractivity contribution < 1.29 is 14.3 Å². The van der Waals surface area contributed by atoms with E-state index in [0.29, 0.717) is 0 Å². The Morgan fingerprint density at radius 1 is 1.32 bits per heavy atom. The number of nitrogens with zero attached hydrogens (tertiary/aromatic N) is 2. The highest BCUT2D eigenvalue weighted by atomic mass is 16.5. The van der Waals surface area contributed by atoms with Gasteiger partial charge >= 0.3 is 5.97 Å². The highest BCUT2D eigenvalue weighted by molar-refractivity contribution is 6.00. The number of carbonyl (C=O) groups excluding carboxylic acids is 2. The lowest BCUT2D eigenvalue weighted by atomic mass is 10.0. The molecule has 0 bridgehead atoms. The van der Waals surface area contributed by atoms with E-state index in [1.165, 1.54) is 7.11 Å². The number of carbonyl (C=O) groups is 2. The van der Waals surface area contributed by atoms with Crippen LogP contribution < -0.4 is 9.80 Å². The summed E-state index contributed by atoms with van der Waals surface area (Å²) < 4.78 is 4.68. The summed E-state index contributed by atoms with van der Waals surface area (Å²) in [6, 6.07) is 8.01. The largest absolute Gasteiger partial charge is 0.469 e. The molecule has 5 heteroatoms. The van der Waals surface area contributed by atoms with Gasteiger partial charge in [0.25, 0.3) is 0 Å². The maximum absolute atomic E-state index is 12.9. The first-order valence-electron chi connectivity index (χ1n) is 7.65. The van der Waals surface area contributed by atoms with Gasteiger partial charge in [-0.05, 0) is 25.5 Å². The third-order valence-electron chi connectivity index (χ3n) is 4.24. The van der Waals surface area contributed by atoms with Crippen LogP contribution in [0.25, 0.3) is 0 Å². The van der Waals surface area contributed by atoms with E-state index in [9.17, 15) is 9.59 Å². The van der Waals surface area contributed by atoms with E-state index in [-0.39, 0.29) is 24.3 Å². The Balaban J connectivity index is 2.33. The maximum Gasteiger partial charge on any atom is 0.306 e. The predicted molar refractivity (Wildman–Crippen MR) is 87.1 cm³/mol. The van der Waals surface area contributed by atoms with Crippen LogP contribution >= 0.6 is 0 Å². The molecule has 0 N–H and O–H groups in total.